The standard InChI is InChI=1S/C16H18O2/c1-18-16(17)12-15-10-6-5-9-14(15)11-13-7-3-2-4-8-13/h2-4,7-8,11-12H,5-6,9-10H2,1H3/b14-11+,15-12+. The SMILES string of the molecule is COC(=O)/C=C1\CCCC\C1=C/c1ccccc1. The summed E-state index contributed by atoms with van der Waals surface area (Å²) in [6.07, 6.45) is 8.15. The van der Waals surface area contributed by atoms with E-state index in [2.05, 4.69) is 18.2 Å². The molecule has 1 aromatic carbocycles. The fourth-order valence-corrected chi connectivity index (χ4v) is 2.23. The molecule has 1 saturated carbocycles. The molecule has 0 saturated heterocycles. The molecule has 2 nitrogen and oxygen atoms in total. The Morgan fingerprint density at radius 3 is 2.44 bits per heavy atom. The van der Waals surface area contributed by atoms with E-state index in [0.717, 1.165) is 24.8 Å². The number of carbonyl (C=O) groups excluding carboxylic acids is 1. The molecule has 1 aromatic rings. The van der Waals surface area contributed by atoms with Crippen LogP contribution in [0.2, 0.25) is 0 Å². The second-order valence-electron chi connectivity index (χ2n) is 4.48. The normalized spacial score (nSPS) is 20.1. The Balaban J connectivity index is 2.26. The highest BCUT2D eigenvalue weighted by atomic mass is 16.5. The van der Waals surface area contributed by atoms with Gasteiger partial charge in [0, 0.05) is 6.08 Å². The van der Waals surface area contributed by atoms with Gasteiger partial charge in [-0.1, -0.05) is 36.4 Å². The minimum absolute atomic E-state index is 0.258. The van der Waals surface area contributed by atoms with E-state index in [9.17, 15) is 4.79 Å². The summed E-state index contributed by atoms with van der Waals surface area (Å²) in [6.45, 7) is 0. The van der Waals surface area contributed by atoms with Gasteiger partial charge < -0.3 is 4.74 Å². The van der Waals surface area contributed by atoms with Gasteiger partial charge in [-0.3, -0.25) is 0 Å². The molecule has 0 unspecified atom stereocenters. The Morgan fingerprint density at radius 1 is 1.11 bits per heavy atom. The molecule has 2 rings (SSSR count). The second-order valence-corrected chi connectivity index (χ2v) is 4.48. The lowest BCUT2D eigenvalue weighted by Gasteiger charge is -2.18. The van der Waals surface area contributed by atoms with Gasteiger partial charge in [0.1, 0.15) is 0 Å². The molecule has 0 atom stereocenters. The summed E-state index contributed by atoms with van der Waals surface area (Å²) in [6, 6.07) is 10.2. The number of methoxy groups -OCH3 is 1. The Kier molecular flexibility index (Phi) is 4.35. The van der Waals surface area contributed by atoms with E-state index in [1.807, 2.05) is 18.2 Å². The molecule has 1 aliphatic carbocycles. The van der Waals surface area contributed by atoms with Crippen LogP contribution in [0.3, 0.4) is 0 Å². The third-order valence-corrected chi connectivity index (χ3v) is 3.19. The lowest BCUT2D eigenvalue weighted by atomic mass is 9.88. The predicted octanol–water partition coefficient (Wildman–Crippen LogP) is 3.74. The first kappa shape index (κ1) is 12.6. The van der Waals surface area contributed by atoms with Gasteiger partial charge in [-0.05, 0) is 42.4 Å². The van der Waals surface area contributed by atoms with Crippen molar-refractivity contribution in [2.24, 2.45) is 0 Å². The molecule has 0 bridgehead atoms. The first-order chi connectivity index (χ1) is 8.79. The number of carbonyl (C=O) groups is 1. The number of hydrogen-bond acceptors (Lipinski definition) is 2. The molecule has 2 heteroatoms. The van der Waals surface area contributed by atoms with E-state index >= 15 is 0 Å². The minimum atomic E-state index is -0.258. The fourth-order valence-electron chi connectivity index (χ4n) is 2.23. The van der Waals surface area contributed by atoms with Crippen LogP contribution < -0.4 is 0 Å². The molecule has 0 N–H and O–H groups in total. The quantitative estimate of drug-likeness (QED) is 0.583. The topological polar surface area (TPSA) is 26.3 Å². The third kappa shape index (κ3) is 3.33. The van der Waals surface area contributed by atoms with Crippen molar-refractivity contribution in [1.29, 1.82) is 0 Å². The van der Waals surface area contributed by atoms with Crippen molar-refractivity contribution in [1.82, 2.24) is 0 Å². The van der Waals surface area contributed by atoms with Crippen molar-refractivity contribution in [2.75, 3.05) is 7.11 Å². The van der Waals surface area contributed by atoms with Gasteiger partial charge >= 0.3 is 5.97 Å². The van der Waals surface area contributed by atoms with Gasteiger partial charge in [-0.2, -0.15) is 0 Å². The number of benzene rings is 1. The monoisotopic (exact) mass is 242 g/mol. The van der Waals surface area contributed by atoms with E-state index in [4.69, 9.17) is 4.74 Å². The molecule has 0 heterocycles. The summed E-state index contributed by atoms with van der Waals surface area (Å²) < 4.78 is 4.71. The van der Waals surface area contributed by atoms with Crippen molar-refractivity contribution in [3.63, 3.8) is 0 Å². The molecule has 94 valence electrons. The van der Waals surface area contributed by atoms with Gasteiger partial charge in [0.15, 0.2) is 0 Å². The van der Waals surface area contributed by atoms with Crippen molar-refractivity contribution in [3.05, 3.63) is 53.1 Å². The van der Waals surface area contributed by atoms with E-state index in [1.165, 1.54) is 24.7 Å². The molecule has 1 fully saturated rings. The molecule has 0 aromatic heterocycles. The van der Waals surface area contributed by atoms with Crippen LogP contribution in [0.4, 0.5) is 0 Å². The van der Waals surface area contributed by atoms with Crippen LogP contribution >= 0.6 is 0 Å². The lowest BCUT2D eigenvalue weighted by molar-refractivity contribution is -0.134. The van der Waals surface area contributed by atoms with Gasteiger partial charge in [0.25, 0.3) is 0 Å². The number of hydrogen-bond donors (Lipinski definition) is 0. The summed E-state index contributed by atoms with van der Waals surface area (Å²) in [5.41, 5.74) is 3.57. The molecule has 1 aliphatic rings. The van der Waals surface area contributed by atoms with Gasteiger partial charge in [0.05, 0.1) is 7.11 Å². The van der Waals surface area contributed by atoms with Crippen molar-refractivity contribution in [3.8, 4) is 0 Å². The highest BCUT2D eigenvalue weighted by Gasteiger charge is 2.13. The number of rotatable bonds is 2. The molecule has 0 spiro atoms. The van der Waals surface area contributed by atoms with Crippen molar-refractivity contribution >= 4 is 12.0 Å². The first-order valence-electron chi connectivity index (χ1n) is 6.34. The summed E-state index contributed by atoms with van der Waals surface area (Å²) in [7, 11) is 1.42. The van der Waals surface area contributed by atoms with Crippen LogP contribution in [0, 0.1) is 0 Å². The van der Waals surface area contributed by atoms with Crippen LogP contribution in [0.25, 0.3) is 6.08 Å². The molecular formula is C16H18O2. The fraction of sp³-hybridized carbons (Fsp3) is 0.312. The first-order valence-corrected chi connectivity index (χ1v) is 6.34. The second kappa shape index (κ2) is 6.20. The smallest absolute Gasteiger partial charge is 0.330 e. The van der Waals surface area contributed by atoms with Crippen LogP contribution in [-0.4, -0.2) is 13.1 Å². The molecule has 18 heavy (non-hydrogen) atoms. The average Bonchev–Trinajstić information content (AvgIpc) is 2.42. The highest BCUT2D eigenvalue weighted by molar-refractivity contribution is 5.84. The molecule has 0 aliphatic heterocycles. The summed E-state index contributed by atoms with van der Waals surface area (Å²) >= 11 is 0. The summed E-state index contributed by atoms with van der Waals surface area (Å²) in [5, 5.41) is 0. The minimum Gasteiger partial charge on any atom is -0.466 e. The maximum Gasteiger partial charge on any atom is 0.330 e. The van der Waals surface area contributed by atoms with E-state index in [1.54, 1.807) is 6.08 Å². The van der Waals surface area contributed by atoms with Crippen molar-refractivity contribution in [2.45, 2.75) is 25.7 Å². The Hall–Kier alpha value is -1.83. The molecule has 0 radical (unpaired) electrons. The van der Waals surface area contributed by atoms with Crippen LogP contribution in [-0.2, 0) is 9.53 Å². The predicted molar refractivity (Wildman–Crippen MR) is 73.0 cm³/mol. The zero-order valence-electron chi connectivity index (χ0n) is 10.7. The van der Waals surface area contributed by atoms with Crippen LogP contribution in [0.15, 0.2) is 47.6 Å². The van der Waals surface area contributed by atoms with E-state index < -0.39 is 0 Å². The maximum absolute atomic E-state index is 11.4. The Bertz CT molecular complexity index is 469. The highest BCUT2D eigenvalue weighted by Crippen LogP contribution is 2.30. The van der Waals surface area contributed by atoms with E-state index in [-0.39, 0.29) is 5.97 Å². The number of ether oxygens (including phenoxy) is 1. The summed E-state index contributed by atoms with van der Waals surface area (Å²) in [4.78, 5) is 11.4. The molecular weight excluding hydrogens is 224 g/mol. The van der Waals surface area contributed by atoms with Crippen LogP contribution in [0.5, 0.6) is 0 Å². The third-order valence-electron chi connectivity index (χ3n) is 3.19. The zero-order valence-corrected chi connectivity index (χ0v) is 10.7. The number of esters is 1. The van der Waals surface area contributed by atoms with Crippen molar-refractivity contribution < 1.29 is 9.53 Å². The van der Waals surface area contributed by atoms with Gasteiger partial charge in [-0.25, -0.2) is 4.79 Å². The van der Waals surface area contributed by atoms with Crippen LogP contribution in [0.1, 0.15) is 31.2 Å². The Labute approximate surface area is 108 Å². The number of allylic oxidation sites excluding steroid dienone is 2. The van der Waals surface area contributed by atoms with Gasteiger partial charge in [0.2, 0.25) is 0 Å². The zero-order chi connectivity index (χ0) is 12.8. The Morgan fingerprint density at radius 2 is 1.78 bits per heavy atom. The largest absolute Gasteiger partial charge is 0.466 e. The lowest BCUT2D eigenvalue weighted by Crippen LogP contribution is -2.03. The summed E-state index contributed by atoms with van der Waals surface area (Å²) in [5.74, 6) is -0.258. The average molecular weight is 242 g/mol. The van der Waals surface area contributed by atoms with E-state index in [0.29, 0.717) is 0 Å². The van der Waals surface area contributed by atoms with Gasteiger partial charge in [-0.15, -0.1) is 0 Å². The maximum atomic E-state index is 11.4. The molecule has 0 amide bonds.